The van der Waals surface area contributed by atoms with Crippen molar-refractivity contribution in [3.8, 4) is 11.4 Å². The monoisotopic (exact) mass is 350 g/mol. The molecule has 3 aromatic rings. The minimum absolute atomic E-state index is 0.214. The van der Waals surface area contributed by atoms with E-state index in [9.17, 15) is 0 Å². The lowest BCUT2D eigenvalue weighted by atomic mass is 10.1. The topological polar surface area (TPSA) is 109 Å². The van der Waals surface area contributed by atoms with Crippen molar-refractivity contribution in [2.24, 2.45) is 0 Å². The van der Waals surface area contributed by atoms with Crippen LogP contribution in [0, 0.1) is 6.92 Å². The Morgan fingerprint density at radius 1 is 1.35 bits per heavy atom. The number of piperazine rings is 1. The molecular weight excluding hydrogens is 328 g/mol. The molecule has 0 spiro atoms. The van der Waals surface area contributed by atoms with E-state index in [4.69, 9.17) is 10.7 Å². The van der Waals surface area contributed by atoms with Gasteiger partial charge in [-0.15, -0.1) is 10.2 Å². The number of aromatic nitrogens is 5. The number of nitrogens with two attached hydrogens (primary N) is 1. The van der Waals surface area contributed by atoms with E-state index >= 15 is 0 Å². The fraction of sp³-hybridized carbons (Fsp3) is 0.333. The predicted octanol–water partition coefficient (Wildman–Crippen LogP) is 1.66. The van der Waals surface area contributed by atoms with E-state index in [0.29, 0.717) is 17.5 Å². The number of benzene rings is 1. The Morgan fingerprint density at radius 3 is 3.00 bits per heavy atom. The molecule has 134 valence electrons. The van der Waals surface area contributed by atoms with Crippen LogP contribution in [0.2, 0.25) is 0 Å². The summed E-state index contributed by atoms with van der Waals surface area (Å²) in [4.78, 5) is 6.86. The number of hydrogen-bond acceptors (Lipinski definition) is 7. The lowest BCUT2D eigenvalue weighted by molar-refractivity contribution is 0.499. The summed E-state index contributed by atoms with van der Waals surface area (Å²) in [6, 6.07) is 6.15. The summed E-state index contributed by atoms with van der Waals surface area (Å²) in [6.45, 7) is 10.5. The van der Waals surface area contributed by atoms with Gasteiger partial charge in [-0.3, -0.25) is 5.10 Å². The Labute approximate surface area is 151 Å². The predicted molar refractivity (Wildman–Crippen MR) is 103 cm³/mol. The maximum Gasteiger partial charge on any atom is 0.189 e. The molecule has 4 N–H and O–H groups in total. The fourth-order valence-electron chi connectivity index (χ4n) is 3.23. The molecule has 26 heavy (non-hydrogen) atoms. The van der Waals surface area contributed by atoms with Crippen LogP contribution in [0.25, 0.3) is 22.3 Å². The molecule has 4 rings (SSSR count). The molecule has 1 saturated heterocycles. The standard InChI is InChI=1S/C18H22N8/c1-10(2)15-9-26(7-6-20-15)18-16(19)24-25-17(21-18)12-4-5-14-13(8-12)11(3)22-23-14/h4-5,8,15,20H,1,6-7,9H2,2-3H3,(H2,19,24)(H,22,23)/t15-/m0/s1. The Balaban J connectivity index is 1.71. The molecule has 0 saturated carbocycles. The third-order valence-corrected chi connectivity index (χ3v) is 4.77. The van der Waals surface area contributed by atoms with E-state index in [1.54, 1.807) is 0 Å². The highest BCUT2D eigenvalue weighted by atomic mass is 15.3. The maximum atomic E-state index is 6.08. The first-order valence-electron chi connectivity index (χ1n) is 8.62. The van der Waals surface area contributed by atoms with Crippen molar-refractivity contribution in [2.75, 3.05) is 30.3 Å². The van der Waals surface area contributed by atoms with Crippen LogP contribution in [-0.4, -0.2) is 51.1 Å². The highest BCUT2D eigenvalue weighted by Crippen LogP contribution is 2.26. The Morgan fingerprint density at radius 2 is 2.19 bits per heavy atom. The summed E-state index contributed by atoms with van der Waals surface area (Å²) in [5.74, 6) is 1.57. The van der Waals surface area contributed by atoms with E-state index in [1.165, 1.54) is 0 Å². The zero-order valence-electron chi connectivity index (χ0n) is 15.0. The Kier molecular flexibility index (Phi) is 4.04. The van der Waals surface area contributed by atoms with Gasteiger partial charge in [0.25, 0.3) is 0 Å². The molecule has 1 fully saturated rings. The van der Waals surface area contributed by atoms with E-state index in [2.05, 4.69) is 37.2 Å². The summed E-state index contributed by atoms with van der Waals surface area (Å²) < 4.78 is 0. The van der Waals surface area contributed by atoms with Gasteiger partial charge in [0, 0.05) is 42.3 Å². The smallest absolute Gasteiger partial charge is 0.189 e. The second-order valence-electron chi connectivity index (χ2n) is 6.72. The number of rotatable bonds is 3. The number of nitrogens with zero attached hydrogens (tertiary/aromatic N) is 5. The lowest BCUT2D eigenvalue weighted by Crippen LogP contribution is -2.51. The third-order valence-electron chi connectivity index (χ3n) is 4.77. The van der Waals surface area contributed by atoms with Crippen molar-refractivity contribution >= 4 is 22.5 Å². The van der Waals surface area contributed by atoms with E-state index in [0.717, 1.165) is 47.4 Å². The summed E-state index contributed by atoms with van der Waals surface area (Å²) in [6.07, 6.45) is 0. The number of aryl methyl sites for hydroxylation is 1. The molecule has 1 aliphatic rings. The largest absolute Gasteiger partial charge is 0.379 e. The molecule has 0 unspecified atom stereocenters. The van der Waals surface area contributed by atoms with Gasteiger partial charge in [0.15, 0.2) is 17.5 Å². The van der Waals surface area contributed by atoms with Crippen LogP contribution in [0.3, 0.4) is 0 Å². The average molecular weight is 350 g/mol. The highest BCUT2D eigenvalue weighted by molar-refractivity contribution is 5.85. The van der Waals surface area contributed by atoms with Gasteiger partial charge in [0.05, 0.1) is 5.52 Å². The molecule has 0 amide bonds. The molecule has 3 heterocycles. The Bertz CT molecular complexity index is 976. The summed E-state index contributed by atoms with van der Waals surface area (Å²) in [5, 5.41) is 20.1. The molecule has 2 aromatic heterocycles. The third kappa shape index (κ3) is 2.88. The normalized spacial score (nSPS) is 17.6. The second kappa shape index (κ2) is 6.38. The first-order chi connectivity index (χ1) is 12.5. The van der Waals surface area contributed by atoms with Gasteiger partial charge in [-0.2, -0.15) is 5.10 Å². The van der Waals surface area contributed by atoms with Crippen LogP contribution in [0.1, 0.15) is 12.6 Å². The number of aromatic amines is 1. The SMILES string of the molecule is C=C(C)[C@@H]1CN(c2nc(-c3ccc4n[nH]c(C)c4c3)nnc2N)CCN1. The van der Waals surface area contributed by atoms with Crippen molar-refractivity contribution in [1.29, 1.82) is 0 Å². The number of hydrogen-bond donors (Lipinski definition) is 3. The van der Waals surface area contributed by atoms with Crippen molar-refractivity contribution in [2.45, 2.75) is 19.9 Å². The number of nitrogens with one attached hydrogen (secondary N) is 2. The van der Waals surface area contributed by atoms with Crippen LogP contribution in [0.5, 0.6) is 0 Å². The molecule has 0 radical (unpaired) electrons. The van der Waals surface area contributed by atoms with Gasteiger partial charge in [0.1, 0.15) is 0 Å². The number of fused-ring (bicyclic) bond motifs is 1. The van der Waals surface area contributed by atoms with Gasteiger partial charge in [-0.1, -0.05) is 12.2 Å². The summed E-state index contributed by atoms with van der Waals surface area (Å²) in [5.41, 5.74) is 10.00. The number of H-pyrrole nitrogens is 1. The first kappa shape index (κ1) is 16.5. The molecular formula is C18H22N8. The minimum Gasteiger partial charge on any atom is -0.379 e. The summed E-state index contributed by atoms with van der Waals surface area (Å²) >= 11 is 0. The van der Waals surface area contributed by atoms with Crippen molar-refractivity contribution in [3.63, 3.8) is 0 Å². The Hall–Kier alpha value is -3.00. The van der Waals surface area contributed by atoms with Gasteiger partial charge < -0.3 is 16.0 Å². The van der Waals surface area contributed by atoms with Crippen LogP contribution in [-0.2, 0) is 0 Å². The average Bonchev–Trinajstić information content (AvgIpc) is 3.03. The zero-order chi connectivity index (χ0) is 18.3. The molecule has 1 aromatic carbocycles. The van der Waals surface area contributed by atoms with Crippen molar-refractivity contribution in [1.82, 2.24) is 30.7 Å². The zero-order valence-corrected chi connectivity index (χ0v) is 15.0. The van der Waals surface area contributed by atoms with Crippen molar-refractivity contribution in [3.05, 3.63) is 36.0 Å². The van der Waals surface area contributed by atoms with Gasteiger partial charge in [-0.25, -0.2) is 4.98 Å². The van der Waals surface area contributed by atoms with Gasteiger partial charge >= 0.3 is 0 Å². The number of anilines is 2. The molecule has 8 heteroatoms. The van der Waals surface area contributed by atoms with E-state index < -0.39 is 0 Å². The van der Waals surface area contributed by atoms with Crippen LogP contribution in [0.4, 0.5) is 11.6 Å². The van der Waals surface area contributed by atoms with E-state index in [-0.39, 0.29) is 6.04 Å². The maximum absolute atomic E-state index is 6.08. The van der Waals surface area contributed by atoms with Gasteiger partial charge in [-0.05, 0) is 32.0 Å². The fourth-order valence-corrected chi connectivity index (χ4v) is 3.23. The van der Waals surface area contributed by atoms with Crippen LogP contribution < -0.4 is 16.0 Å². The highest BCUT2D eigenvalue weighted by Gasteiger charge is 2.23. The van der Waals surface area contributed by atoms with Crippen LogP contribution >= 0.6 is 0 Å². The minimum atomic E-state index is 0.214. The molecule has 1 aliphatic heterocycles. The first-order valence-corrected chi connectivity index (χ1v) is 8.62. The quantitative estimate of drug-likeness (QED) is 0.616. The molecule has 8 nitrogen and oxygen atoms in total. The summed E-state index contributed by atoms with van der Waals surface area (Å²) in [7, 11) is 0. The van der Waals surface area contributed by atoms with Crippen LogP contribution in [0.15, 0.2) is 30.4 Å². The van der Waals surface area contributed by atoms with Crippen molar-refractivity contribution < 1.29 is 0 Å². The molecule has 0 bridgehead atoms. The molecule has 0 aliphatic carbocycles. The lowest BCUT2D eigenvalue weighted by Gasteiger charge is -2.35. The van der Waals surface area contributed by atoms with E-state index in [1.807, 2.05) is 32.0 Å². The molecule has 1 atom stereocenters. The second-order valence-corrected chi connectivity index (χ2v) is 6.72. The number of nitrogen functional groups attached to an aromatic ring is 1. The van der Waals surface area contributed by atoms with Gasteiger partial charge in [0.2, 0.25) is 0 Å².